The molecule has 0 aromatic heterocycles. The number of carbonyl (C=O) groups excluding carboxylic acids is 2. The Kier molecular flexibility index (Phi) is 18.3. The Balaban J connectivity index is 0. The third kappa shape index (κ3) is 12.9. The fourth-order valence-electron chi connectivity index (χ4n) is 3.00. The fourth-order valence-corrected chi connectivity index (χ4v) is 3.00. The average molecular weight is 421 g/mol. The van der Waals surface area contributed by atoms with Crippen molar-refractivity contribution >= 4 is 30.1 Å². The second kappa shape index (κ2) is 17.7. The molecule has 0 aliphatic rings. The molecular weight excluding hydrogens is 380 g/mol. The second-order valence-electron chi connectivity index (χ2n) is 7.10. The minimum Gasteiger partial charge on any atom is -0.464 e. The van der Waals surface area contributed by atoms with Crippen LogP contribution in [0.15, 0.2) is 4.99 Å². The molecule has 0 fully saturated rings. The van der Waals surface area contributed by atoms with E-state index in [-0.39, 0.29) is 37.2 Å². The number of ketones is 1. The highest BCUT2D eigenvalue weighted by atomic mass is 35.5. The maximum absolute atomic E-state index is 12.6. The van der Waals surface area contributed by atoms with Gasteiger partial charge < -0.3 is 21.9 Å². The van der Waals surface area contributed by atoms with Gasteiger partial charge in [0.2, 0.25) is 0 Å². The molecule has 0 aliphatic heterocycles. The van der Waals surface area contributed by atoms with Crippen LogP contribution in [-0.4, -0.2) is 36.4 Å². The first kappa shape index (κ1) is 28.9. The van der Waals surface area contributed by atoms with Crippen LogP contribution in [-0.2, 0) is 14.3 Å². The number of Topliss-reactive ketones (excluding diaryl/α,β-unsaturated/α-hetero) is 1. The Bertz CT molecular complexity index is 457. The summed E-state index contributed by atoms with van der Waals surface area (Å²) in [4.78, 5) is 28.7. The van der Waals surface area contributed by atoms with Crippen molar-refractivity contribution in [3.05, 3.63) is 0 Å². The van der Waals surface area contributed by atoms with Gasteiger partial charge in [0.05, 0.1) is 6.61 Å². The zero-order valence-electron chi connectivity index (χ0n) is 17.7. The minimum atomic E-state index is -1.60. The SMILES string of the molecule is CCCCCCCCCCCC(=O)C(N)(CCCN=C(N)N)C(=O)OCC.Cl. The maximum atomic E-state index is 12.6. The van der Waals surface area contributed by atoms with Gasteiger partial charge >= 0.3 is 5.97 Å². The molecular formula is C20H41ClN4O3. The summed E-state index contributed by atoms with van der Waals surface area (Å²) in [6, 6.07) is 0. The van der Waals surface area contributed by atoms with E-state index in [2.05, 4.69) is 11.9 Å². The zero-order chi connectivity index (χ0) is 20.5. The molecule has 0 radical (unpaired) electrons. The van der Waals surface area contributed by atoms with Crippen molar-refractivity contribution in [2.24, 2.45) is 22.2 Å². The van der Waals surface area contributed by atoms with Crippen LogP contribution in [0.1, 0.15) is 90.9 Å². The van der Waals surface area contributed by atoms with E-state index in [4.69, 9.17) is 21.9 Å². The summed E-state index contributed by atoms with van der Waals surface area (Å²) in [5.74, 6) is -0.931. The summed E-state index contributed by atoms with van der Waals surface area (Å²) in [6.45, 7) is 4.43. The van der Waals surface area contributed by atoms with Crippen molar-refractivity contribution in [2.75, 3.05) is 13.2 Å². The largest absolute Gasteiger partial charge is 0.464 e. The molecule has 166 valence electrons. The molecule has 6 N–H and O–H groups in total. The monoisotopic (exact) mass is 420 g/mol. The van der Waals surface area contributed by atoms with Crippen molar-refractivity contribution in [1.82, 2.24) is 0 Å². The standard InChI is InChI=1S/C20H40N4O3.ClH/c1-3-5-6-7-8-9-10-11-12-14-17(25)20(23,18(26)27-4-2)15-13-16-24-19(21)22;/h3-16,23H2,1-2H3,(H4,21,22,24);1H. The number of unbranched alkanes of at least 4 members (excludes halogenated alkanes) is 8. The van der Waals surface area contributed by atoms with Crippen LogP contribution in [0.3, 0.4) is 0 Å². The van der Waals surface area contributed by atoms with Gasteiger partial charge in [0.15, 0.2) is 17.3 Å². The van der Waals surface area contributed by atoms with E-state index in [0.29, 0.717) is 19.4 Å². The predicted octanol–water partition coefficient (Wildman–Crippen LogP) is 3.21. The number of esters is 1. The van der Waals surface area contributed by atoms with E-state index < -0.39 is 11.5 Å². The van der Waals surface area contributed by atoms with Crippen molar-refractivity contribution in [1.29, 1.82) is 0 Å². The first-order chi connectivity index (χ1) is 12.9. The van der Waals surface area contributed by atoms with Gasteiger partial charge in [-0.3, -0.25) is 9.79 Å². The molecule has 0 saturated carbocycles. The minimum absolute atomic E-state index is 0. The van der Waals surface area contributed by atoms with E-state index in [9.17, 15) is 9.59 Å². The second-order valence-corrected chi connectivity index (χ2v) is 7.10. The van der Waals surface area contributed by atoms with E-state index in [0.717, 1.165) is 19.3 Å². The van der Waals surface area contributed by atoms with Crippen LogP contribution in [0.5, 0.6) is 0 Å². The van der Waals surface area contributed by atoms with Crippen LogP contribution in [0.25, 0.3) is 0 Å². The van der Waals surface area contributed by atoms with Gasteiger partial charge in [-0.1, -0.05) is 58.3 Å². The number of hydrogen-bond acceptors (Lipinski definition) is 5. The van der Waals surface area contributed by atoms with E-state index in [1.54, 1.807) is 6.92 Å². The highest BCUT2D eigenvalue weighted by Gasteiger charge is 2.41. The molecule has 28 heavy (non-hydrogen) atoms. The number of nitrogens with two attached hydrogens (primary N) is 3. The molecule has 0 spiro atoms. The topological polar surface area (TPSA) is 134 Å². The Labute approximate surface area is 176 Å². The number of carbonyl (C=O) groups is 2. The molecule has 8 heteroatoms. The summed E-state index contributed by atoms with van der Waals surface area (Å²) in [5.41, 5.74) is 15.1. The molecule has 0 aromatic carbocycles. The molecule has 7 nitrogen and oxygen atoms in total. The van der Waals surface area contributed by atoms with Crippen LogP contribution in [0, 0.1) is 0 Å². The number of ether oxygens (including phenoxy) is 1. The lowest BCUT2D eigenvalue weighted by Crippen LogP contribution is -2.55. The Morgan fingerprint density at radius 3 is 1.93 bits per heavy atom. The number of hydrogen-bond donors (Lipinski definition) is 3. The highest BCUT2D eigenvalue weighted by molar-refractivity contribution is 6.08. The van der Waals surface area contributed by atoms with Crippen LogP contribution in [0.4, 0.5) is 0 Å². The summed E-state index contributed by atoms with van der Waals surface area (Å²) >= 11 is 0. The van der Waals surface area contributed by atoms with Crippen molar-refractivity contribution < 1.29 is 14.3 Å². The van der Waals surface area contributed by atoms with Gasteiger partial charge in [-0.05, 0) is 26.2 Å². The lowest BCUT2D eigenvalue weighted by Gasteiger charge is -2.25. The zero-order valence-corrected chi connectivity index (χ0v) is 18.5. The summed E-state index contributed by atoms with van der Waals surface area (Å²) in [6.07, 6.45) is 11.4. The Hall–Kier alpha value is -1.34. The lowest BCUT2D eigenvalue weighted by molar-refractivity contribution is -0.154. The molecule has 1 unspecified atom stereocenters. The first-order valence-electron chi connectivity index (χ1n) is 10.4. The van der Waals surface area contributed by atoms with Crippen LogP contribution < -0.4 is 17.2 Å². The van der Waals surface area contributed by atoms with E-state index in [1.165, 1.54) is 38.5 Å². The van der Waals surface area contributed by atoms with Crippen molar-refractivity contribution in [2.45, 2.75) is 96.4 Å². The third-order valence-electron chi connectivity index (χ3n) is 4.67. The average Bonchev–Trinajstić information content (AvgIpc) is 2.63. The molecule has 0 amide bonds. The van der Waals surface area contributed by atoms with Crippen molar-refractivity contribution in [3.63, 3.8) is 0 Å². The number of guanidine groups is 1. The molecule has 0 saturated heterocycles. The first-order valence-corrected chi connectivity index (χ1v) is 10.4. The van der Waals surface area contributed by atoms with Gasteiger partial charge in [0.25, 0.3) is 0 Å². The Morgan fingerprint density at radius 2 is 1.43 bits per heavy atom. The maximum Gasteiger partial charge on any atom is 0.333 e. The number of nitrogens with zero attached hydrogens (tertiary/aromatic N) is 1. The predicted molar refractivity (Wildman–Crippen MR) is 118 cm³/mol. The normalized spacial score (nSPS) is 12.5. The van der Waals surface area contributed by atoms with E-state index >= 15 is 0 Å². The summed E-state index contributed by atoms with van der Waals surface area (Å²) in [7, 11) is 0. The number of halogens is 1. The van der Waals surface area contributed by atoms with Crippen LogP contribution >= 0.6 is 12.4 Å². The van der Waals surface area contributed by atoms with Gasteiger partial charge in [0, 0.05) is 13.0 Å². The number of rotatable bonds is 17. The molecule has 0 rings (SSSR count). The van der Waals surface area contributed by atoms with Gasteiger partial charge in [0.1, 0.15) is 0 Å². The molecule has 0 heterocycles. The smallest absolute Gasteiger partial charge is 0.333 e. The van der Waals surface area contributed by atoms with Crippen LogP contribution in [0.2, 0.25) is 0 Å². The van der Waals surface area contributed by atoms with E-state index in [1.807, 2.05) is 0 Å². The molecule has 0 aliphatic carbocycles. The summed E-state index contributed by atoms with van der Waals surface area (Å²) < 4.78 is 5.03. The van der Waals surface area contributed by atoms with Gasteiger partial charge in [-0.25, -0.2) is 4.79 Å². The number of aliphatic imine (C=N–C) groups is 1. The quantitative estimate of drug-likeness (QED) is 0.109. The third-order valence-corrected chi connectivity index (χ3v) is 4.67. The fraction of sp³-hybridized carbons (Fsp3) is 0.850. The summed E-state index contributed by atoms with van der Waals surface area (Å²) in [5, 5.41) is 0. The molecule has 0 aromatic rings. The highest BCUT2D eigenvalue weighted by Crippen LogP contribution is 2.19. The molecule has 0 bridgehead atoms. The van der Waals surface area contributed by atoms with Crippen molar-refractivity contribution in [3.8, 4) is 0 Å². The molecule has 1 atom stereocenters. The van der Waals surface area contributed by atoms with Gasteiger partial charge in [-0.2, -0.15) is 0 Å². The Morgan fingerprint density at radius 1 is 0.893 bits per heavy atom. The lowest BCUT2D eigenvalue weighted by atomic mass is 9.86. The van der Waals surface area contributed by atoms with Gasteiger partial charge in [-0.15, -0.1) is 12.4 Å².